The number of fused-ring (bicyclic) bond motifs is 1. The first kappa shape index (κ1) is 16.4. The third-order valence-electron chi connectivity index (χ3n) is 3.43. The Bertz CT molecular complexity index is 937. The zero-order valence-corrected chi connectivity index (χ0v) is 14.3. The molecular formula is C18H13Cl2N3O. The predicted molar refractivity (Wildman–Crippen MR) is 98.0 cm³/mol. The number of hydrogen-bond donors (Lipinski definition) is 1. The largest absolute Gasteiger partial charge is 0.271 e. The van der Waals surface area contributed by atoms with E-state index in [0.717, 1.165) is 16.5 Å². The average Bonchev–Trinajstić information content (AvgIpc) is 2.56. The minimum Gasteiger partial charge on any atom is -0.267 e. The third-order valence-corrected chi connectivity index (χ3v) is 3.98. The van der Waals surface area contributed by atoms with Crippen LogP contribution in [-0.4, -0.2) is 17.1 Å². The number of benzene rings is 2. The van der Waals surface area contributed by atoms with Crippen LogP contribution in [0.5, 0.6) is 0 Å². The second kappa shape index (κ2) is 6.99. The molecular weight excluding hydrogens is 345 g/mol. The molecule has 0 aliphatic rings. The Morgan fingerprint density at radius 2 is 1.88 bits per heavy atom. The SMILES string of the molecule is Cc1ccc2cc(/C=N\NC(=O)c3ccc(Cl)cc3)c(Cl)nc2c1. The number of pyridine rings is 1. The van der Waals surface area contributed by atoms with Crippen LogP contribution in [-0.2, 0) is 0 Å². The van der Waals surface area contributed by atoms with E-state index in [1.54, 1.807) is 24.3 Å². The van der Waals surface area contributed by atoms with Gasteiger partial charge in [0.2, 0.25) is 0 Å². The topological polar surface area (TPSA) is 54.4 Å². The smallest absolute Gasteiger partial charge is 0.267 e. The van der Waals surface area contributed by atoms with Crippen LogP contribution in [0.4, 0.5) is 0 Å². The van der Waals surface area contributed by atoms with E-state index in [1.165, 1.54) is 6.21 Å². The van der Waals surface area contributed by atoms with E-state index >= 15 is 0 Å². The van der Waals surface area contributed by atoms with Gasteiger partial charge in [0.05, 0.1) is 11.7 Å². The zero-order chi connectivity index (χ0) is 17.1. The van der Waals surface area contributed by atoms with Gasteiger partial charge >= 0.3 is 0 Å². The Morgan fingerprint density at radius 3 is 2.62 bits per heavy atom. The number of nitrogens with one attached hydrogen (secondary N) is 1. The van der Waals surface area contributed by atoms with Crippen molar-refractivity contribution >= 4 is 46.2 Å². The minimum atomic E-state index is -0.330. The summed E-state index contributed by atoms with van der Waals surface area (Å²) in [7, 11) is 0. The highest BCUT2D eigenvalue weighted by Crippen LogP contribution is 2.20. The van der Waals surface area contributed by atoms with E-state index in [2.05, 4.69) is 15.5 Å². The molecule has 0 radical (unpaired) electrons. The van der Waals surface area contributed by atoms with Crippen molar-refractivity contribution in [2.75, 3.05) is 0 Å². The van der Waals surface area contributed by atoms with Gasteiger partial charge in [-0.1, -0.05) is 35.3 Å². The van der Waals surface area contributed by atoms with Crippen LogP contribution in [0.25, 0.3) is 10.9 Å². The number of rotatable bonds is 3. The maximum Gasteiger partial charge on any atom is 0.271 e. The Balaban J connectivity index is 1.77. The summed E-state index contributed by atoms with van der Waals surface area (Å²) in [6.07, 6.45) is 1.47. The van der Waals surface area contributed by atoms with Gasteiger partial charge in [-0.15, -0.1) is 0 Å². The second-order valence-corrected chi connectivity index (χ2v) is 6.07. The molecule has 0 saturated heterocycles. The molecule has 3 rings (SSSR count). The van der Waals surface area contributed by atoms with Gasteiger partial charge in [-0.05, 0) is 48.9 Å². The fourth-order valence-electron chi connectivity index (χ4n) is 2.19. The van der Waals surface area contributed by atoms with Gasteiger partial charge in [0.25, 0.3) is 5.91 Å². The van der Waals surface area contributed by atoms with Crippen molar-refractivity contribution in [3.05, 3.63) is 75.4 Å². The maximum atomic E-state index is 12.0. The number of carbonyl (C=O) groups excluding carboxylic acids is 1. The average molecular weight is 358 g/mol. The van der Waals surface area contributed by atoms with E-state index < -0.39 is 0 Å². The molecule has 120 valence electrons. The number of carbonyl (C=O) groups is 1. The van der Waals surface area contributed by atoms with Crippen LogP contribution in [0.1, 0.15) is 21.5 Å². The van der Waals surface area contributed by atoms with Crippen molar-refractivity contribution in [3.8, 4) is 0 Å². The highest BCUT2D eigenvalue weighted by atomic mass is 35.5. The summed E-state index contributed by atoms with van der Waals surface area (Å²) in [5.41, 5.74) is 5.48. The molecule has 1 amide bonds. The standard InChI is InChI=1S/C18H13Cl2N3O/c1-11-2-3-13-9-14(17(20)22-16(13)8-11)10-21-23-18(24)12-4-6-15(19)7-5-12/h2-10H,1H3,(H,23,24)/b21-10-. The van der Waals surface area contributed by atoms with E-state index in [4.69, 9.17) is 23.2 Å². The number of hydrazone groups is 1. The number of nitrogens with zero attached hydrogens (tertiary/aromatic N) is 2. The molecule has 1 N–H and O–H groups in total. The molecule has 0 atom stereocenters. The summed E-state index contributed by atoms with van der Waals surface area (Å²) in [5.74, 6) is -0.330. The lowest BCUT2D eigenvalue weighted by Gasteiger charge is -2.03. The van der Waals surface area contributed by atoms with Crippen molar-refractivity contribution in [2.45, 2.75) is 6.92 Å². The van der Waals surface area contributed by atoms with Crippen LogP contribution < -0.4 is 5.43 Å². The number of halogens is 2. The van der Waals surface area contributed by atoms with Crippen LogP contribution >= 0.6 is 23.2 Å². The quantitative estimate of drug-likeness (QED) is 0.422. The second-order valence-electron chi connectivity index (χ2n) is 5.27. The highest BCUT2D eigenvalue weighted by molar-refractivity contribution is 6.32. The van der Waals surface area contributed by atoms with Crippen molar-refractivity contribution in [1.29, 1.82) is 0 Å². The first-order valence-corrected chi connectivity index (χ1v) is 7.94. The van der Waals surface area contributed by atoms with Crippen molar-refractivity contribution in [2.24, 2.45) is 5.10 Å². The van der Waals surface area contributed by atoms with Crippen LogP contribution in [0.15, 0.2) is 53.6 Å². The van der Waals surface area contributed by atoms with Gasteiger partial charge in [-0.25, -0.2) is 10.4 Å². The van der Waals surface area contributed by atoms with Crippen LogP contribution in [0, 0.1) is 6.92 Å². The van der Waals surface area contributed by atoms with E-state index in [-0.39, 0.29) is 5.91 Å². The summed E-state index contributed by atoms with van der Waals surface area (Å²) in [4.78, 5) is 16.3. The van der Waals surface area contributed by atoms with Gasteiger partial charge in [-0.2, -0.15) is 5.10 Å². The molecule has 1 aromatic heterocycles. The van der Waals surface area contributed by atoms with Gasteiger partial charge in [0, 0.05) is 21.5 Å². The lowest BCUT2D eigenvalue weighted by Crippen LogP contribution is -2.17. The molecule has 3 aromatic rings. The predicted octanol–water partition coefficient (Wildman–Crippen LogP) is 4.61. The van der Waals surface area contributed by atoms with Crippen molar-refractivity contribution in [3.63, 3.8) is 0 Å². The normalized spacial score (nSPS) is 11.1. The molecule has 0 saturated carbocycles. The molecule has 0 fully saturated rings. The summed E-state index contributed by atoms with van der Waals surface area (Å²) in [6.45, 7) is 2.00. The molecule has 0 unspecified atom stereocenters. The Labute approximate surface area is 149 Å². The molecule has 2 aromatic carbocycles. The van der Waals surface area contributed by atoms with E-state index in [1.807, 2.05) is 31.2 Å². The molecule has 1 heterocycles. The minimum absolute atomic E-state index is 0.330. The lowest BCUT2D eigenvalue weighted by atomic mass is 10.1. The van der Waals surface area contributed by atoms with Gasteiger partial charge in [0.1, 0.15) is 5.15 Å². The summed E-state index contributed by atoms with van der Waals surface area (Å²) in [6, 6.07) is 14.4. The summed E-state index contributed by atoms with van der Waals surface area (Å²) in [5, 5.41) is 5.80. The lowest BCUT2D eigenvalue weighted by molar-refractivity contribution is 0.0955. The zero-order valence-electron chi connectivity index (χ0n) is 12.8. The van der Waals surface area contributed by atoms with Crippen molar-refractivity contribution in [1.82, 2.24) is 10.4 Å². The number of amides is 1. The third kappa shape index (κ3) is 3.72. The fourth-order valence-corrected chi connectivity index (χ4v) is 2.51. The molecule has 4 nitrogen and oxygen atoms in total. The van der Waals surface area contributed by atoms with Gasteiger partial charge in [0.15, 0.2) is 0 Å². The number of aryl methyl sites for hydroxylation is 1. The monoisotopic (exact) mass is 357 g/mol. The number of hydrogen-bond acceptors (Lipinski definition) is 3. The number of aromatic nitrogens is 1. The first-order chi connectivity index (χ1) is 11.5. The highest BCUT2D eigenvalue weighted by Gasteiger charge is 2.05. The molecule has 0 aliphatic heterocycles. The maximum absolute atomic E-state index is 12.0. The first-order valence-electron chi connectivity index (χ1n) is 7.19. The molecule has 6 heteroatoms. The fraction of sp³-hybridized carbons (Fsp3) is 0.0556. The molecule has 0 bridgehead atoms. The van der Waals surface area contributed by atoms with E-state index in [9.17, 15) is 4.79 Å². The van der Waals surface area contributed by atoms with Crippen LogP contribution in [0.3, 0.4) is 0 Å². The Hall–Kier alpha value is -2.43. The van der Waals surface area contributed by atoms with Gasteiger partial charge < -0.3 is 0 Å². The van der Waals surface area contributed by atoms with Gasteiger partial charge in [-0.3, -0.25) is 4.79 Å². The molecule has 0 aliphatic carbocycles. The van der Waals surface area contributed by atoms with E-state index in [0.29, 0.717) is 21.3 Å². The Kier molecular flexibility index (Phi) is 4.79. The summed E-state index contributed by atoms with van der Waals surface area (Å²) < 4.78 is 0. The summed E-state index contributed by atoms with van der Waals surface area (Å²) >= 11 is 12.0. The van der Waals surface area contributed by atoms with Crippen molar-refractivity contribution < 1.29 is 4.79 Å². The molecule has 0 spiro atoms. The molecule has 24 heavy (non-hydrogen) atoms. The van der Waals surface area contributed by atoms with Crippen LogP contribution in [0.2, 0.25) is 10.2 Å². The Morgan fingerprint density at radius 1 is 1.12 bits per heavy atom.